The van der Waals surface area contributed by atoms with Crippen LogP contribution in [0.15, 0.2) is 70.8 Å². The van der Waals surface area contributed by atoms with Crippen molar-refractivity contribution in [3.05, 3.63) is 87.7 Å². The molecular weight excluding hydrogens is 695 g/mol. The second-order valence-electron chi connectivity index (χ2n) is 12.4. The Bertz CT molecular complexity index is 1800. The Labute approximate surface area is 306 Å². The average Bonchev–Trinajstić information content (AvgIpc) is 3.53. The SMILES string of the molecule is CN1C(=O)C(CCCCN)NC(=O)C(CCCN)NCc2cccnc2Sc2ccc(Cl)c(Cl)c2CNC(=O)C1Cc1c[nH]c2ccccc12. The molecule has 0 fully saturated rings. The van der Waals surface area contributed by atoms with Crippen LogP contribution in [0.4, 0.5) is 0 Å². The lowest BCUT2D eigenvalue weighted by Crippen LogP contribution is -2.57. The zero-order chi connectivity index (χ0) is 35.6. The lowest BCUT2D eigenvalue weighted by molar-refractivity contribution is -0.142. The number of hydrogen-bond donors (Lipinski definition) is 6. The van der Waals surface area contributed by atoms with Crippen molar-refractivity contribution >= 4 is 63.6 Å². The number of carbonyl (C=O) groups is 3. The number of pyridine rings is 1. The van der Waals surface area contributed by atoms with E-state index in [0.717, 1.165) is 26.9 Å². The number of unbranched alkanes of at least 4 members (excludes halogenated alkanes) is 1. The molecule has 4 aromatic rings. The van der Waals surface area contributed by atoms with Crippen molar-refractivity contribution in [3.8, 4) is 0 Å². The molecule has 11 nitrogen and oxygen atoms in total. The van der Waals surface area contributed by atoms with Crippen LogP contribution in [0.5, 0.6) is 0 Å². The zero-order valence-corrected chi connectivity index (χ0v) is 30.3. The van der Waals surface area contributed by atoms with Gasteiger partial charge in [0.05, 0.1) is 16.1 Å². The van der Waals surface area contributed by atoms with Crippen molar-refractivity contribution in [2.45, 2.75) is 79.7 Å². The predicted octanol–water partition coefficient (Wildman–Crippen LogP) is 4.53. The minimum absolute atomic E-state index is 0.0607. The van der Waals surface area contributed by atoms with Gasteiger partial charge in [-0.05, 0) is 80.6 Å². The molecule has 2 aromatic heterocycles. The number of nitrogens with two attached hydrogens (primary N) is 2. The first-order valence-corrected chi connectivity index (χ1v) is 18.4. The molecule has 2 aromatic carbocycles. The summed E-state index contributed by atoms with van der Waals surface area (Å²) in [6, 6.07) is 12.7. The van der Waals surface area contributed by atoms with Gasteiger partial charge in [-0.15, -0.1) is 0 Å². The van der Waals surface area contributed by atoms with E-state index in [1.807, 2.05) is 48.7 Å². The summed E-state index contributed by atoms with van der Waals surface area (Å²) in [5.74, 6) is -1.07. The molecule has 14 heteroatoms. The van der Waals surface area contributed by atoms with Crippen LogP contribution in [0.2, 0.25) is 10.0 Å². The van der Waals surface area contributed by atoms with Crippen LogP contribution < -0.4 is 27.4 Å². The molecule has 5 rings (SSSR count). The molecule has 3 amide bonds. The van der Waals surface area contributed by atoms with Crippen LogP contribution in [0, 0.1) is 0 Å². The van der Waals surface area contributed by atoms with Gasteiger partial charge in [0.1, 0.15) is 17.1 Å². The van der Waals surface area contributed by atoms with Crippen molar-refractivity contribution < 1.29 is 14.4 Å². The van der Waals surface area contributed by atoms with Crippen molar-refractivity contribution in [2.24, 2.45) is 11.5 Å². The van der Waals surface area contributed by atoms with E-state index in [0.29, 0.717) is 72.4 Å². The molecule has 3 heterocycles. The van der Waals surface area contributed by atoms with Gasteiger partial charge in [0, 0.05) is 60.3 Å². The number of rotatable bonds is 9. The average molecular weight is 740 g/mol. The summed E-state index contributed by atoms with van der Waals surface area (Å²) in [6.45, 7) is 1.26. The highest BCUT2D eigenvalue weighted by Gasteiger charge is 2.34. The van der Waals surface area contributed by atoms with Gasteiger partial charge in [-0.2, -0.15) is 0 Å². The Kier molecular flexibility index (Phi) is 13.6. The number of likely N-dealkylation sites (N-methyl/N-ethyl adjacent to an activating group) is 1. The Morgan fingerprint density at radius 2 is 1.70 bits per heavy atom. The predicted molar refractivity (Wildman–Crippen MR) is 199 cm³/mol. The van der Waals surface area contributed by atoms with Crippen LogP contribution in [-0.2, 0) is 33.9 Å². The molecule has 0 spiro atoms. The van der Waals surface area contributed by atoms with E-state index in [-0.39, 0.29) is 30.7 Å². The van der Waals surface area contributed by atoms with Crippen molar-refractivity contribution in [3.63, 3.8) is 0 Å². The lowest BCUT2D eigenvalue weighted by Gasteiger charge is -2.32. The van der Waals surface area contributed by atoms with Crippen molar-refractivity contribution in [2.75, 3.05) is 20.1 Å². The lowest BCUT2D eigenvalue weighted by atomic mass is 10.0. The van der Waals surface area contributed by atoms with Crippen molar-refractivity contribution in [1.82, 2.24) is 30.8 Å². The fourth-order valence-corrected chi connectivity index (χ4v) is 7.59. The third kappa shape index (κ3) is 9.17. The minimum atomic E-state index is -0.922. The number of benzene rings is 2. The number of halogens is 2. The molecule has 0 bridgehead atoms. The standard InChI is InChI=1S/C36H44Cl2N8O3S/c1-46-30(18-23-20-42-27-10-3-2-9-24(23)27)34(48)44-21-25-31(14-13-26(37)32(25)38)50-35-22(8-7-17-41-35)19-43-28(12-6-16-40)33(47)45-29(36(46)49)11-4-5-15-39/h2-3,7-10,13-14,17,20,28-30,42-43H,4-6,11-12,15-16,18-19,21,39-40H2,1H3,(H,44,48)(H,45,47). The largest absolute Gasteiger partial charge is 0.361 e. The maximum Gasteiger partial charge on any atom is 0.245 e. The number of aromatic amines is 1. The third-order valence-corrected chi connectivity index (χ3v) is 11.0. The molecule has 0 aliphatic carbocycles. The summed E-state index contributed by atoms with van der Waals surface area (Å²) in [5.41, 5.74) is 14.9. The highest BCUT2D eigenvalue weighted by atomic mass is 35.5. The molecule has 1 aliphatic heterocycles. The number of hydrogen-bond acceptors (Lipinski definition) is 8. The molecule has 50 heavy (non-hydrogen) atoms. The van der Waals surface area contributed by atoms with Gasteiger partial charge in [0.15, 0.2) is 0 Å². The molecule has 0 radical (unpaired) electrons. The van der Waals surface area contributed by atoms with Gasteiger partial charge in [-0.1, -0.05) is 59.2 Å². The summed E-state index contributed by atoms with van der Waals surface area (Å²) in [5, 5.41) is 11.8. The summed E-state index contributed by atoms with van der Waals surface area (Å²) in [6.07, 6.45) is 6.52. The van der Waals surface area contributed by atoms with Crippen LogP contribution in [0.25, 0.3) is 10.9 Å². The number of amides is 3. The van der Waals surface area contributed by atoms with Gasteiger partial charge in [-0.25, -0.2) is 4.98 Å². The Morgan fingerprint density at radius 3 is 2.50 bits per heavy atom. The van der Waals surface area contributed by atoms with Gasteiger partial charge in [-0.3, -0.25) is 14.4 Å². The van der Waals surface area contributed by atoms with Gasteiger partial charge in [0.2, 0.25) is 17.7 Å². The van der Waals surface area contributed by atoms with Gasteiger partial charge in [0.25, 0.3) is 0 Å². The Hall–Kier alpha value is -3.65. The summed E-state index contributed by atoms with van der Waals surface area (Å²) >= 11 is 14.7. The highest BCUT2D eigenvalue weighted by molar-refractivity contribution is 7.99. The quantitative estimate of drug-likeness (QED) is 0.136. The molecule has 3 atom stereocenters. The monoisotopic (exact) mass is 738 g/mol. The maximum atomic E-state index is 14.4. The van der Waals surface area contributed by atoms with E-state index in [4.69, 9.17) is 34.7 Å². The first kappa shape index (κ1) is 37.6. The Balaban J connectivity index is 1.57. The Morgan fingerprint density at radius 1 is 0.920 bits per heavy atom. The third-order valence-electron chi connectivity index (χ3n) is 8.97. The fourth-order valence-electron chi connectivity index (χ4n) is 6.10. The van der Waals surface area contributed by atoms with E-state index in [9.17, 15) is 14.4 Å². The van der Waals surface area contributed by atoms with Gasteiger partial charge < -0.3 is 37.3 Å². The zero-order valence-electron chi connectivity index (χ0n) is 28.0. The summed E-state index contributed by atoms with van der Waals surface area (Å²) in [7, 11) is 1.61. The number of aromatic nitrogens is 2. The van der Waals surface area contributed by atoms with E-state index < -0.39 is 18.1 Å². The summed E-state index contributed by atoms with van der Waals surface area (Å²) in [4.78, 5) is 52.6. The molecule has 266 valence electrons. The second-order valence-corrected chi connectivity index (χ2v) is 14.2. The highest BCUT2D eigenvalue weighted by Crippen LogP contribution is 2.38. The molecule has 3 unspecified atom stereocenters. The minimum Gasteiger partial charge on any atom is -0.361 e. The van der Waals surface area contributed by atoms with E-state index in [1.54, 1.807) is 19.3 Å². The topological polar surface area (TPSA) is 171 Å². The number of nitrogens with zero attached hydrogens (tertiary/aromatic N) is 2. The second kappa shape index (κ2) is 18.0. The van der Waals surface area contributed by atoms with Crippen molar-refractivity contribution in [1.29, 1.82) is 0 Å². The van der Waals surface area contributed by atoms with Crippen LogP contribution in [0.1, 0.15) is 48.8 Å². The first-order chi connectivity index (χ1) is 24.2. The first-order valence-electron chi connectivity index (χ1n) is 16.8. The molecule has 8 N–H and O–H groups in total. The van der Waals surface area contributed by atoms with Crippen LogP contribution >= 0.6 is 35.0 Å². The van der Waals surface area contributed by atoms with E-state index in [1.165, 1.54) is 16.7 Å². The van der Waals surface area contributed by atoms with E-state index in [2.05, 4.69) is 25.9 Å². The number of carbonyl (C=O) groups excluding carboxylic acids is 3. The van der Waals surface area contributed by atoms with Gasteiger partial charge >= 0.3 is 0 Å². The number of nitrogens with one attached hydrogen (secondary N) is 4. The number of H-pyrrole nitrogens is 1. The maximum absolute atomic E-state index is 14.4. The summed E-state index contributed by atoms with van der Waals surface area (Å²) < 4.78 is 0. The molecule has 0 saturated heterocycles. The molecule has 0 saturated carbocycles. The smallest absolute Gasteiger partial charge is 0.245 e. The normalized spacial score (nSPS) is 19.4. The number of fused-ring (bicyclic) bond motifs is 3. The van der Waals surface area contributed by atoms with Crippen LogP contribution in [0.3, 0.4) is 0 Å². The fraction of sp³-hybridized carbons (Fsp3) is 0.389. The van der Waals surface area contributed by atoms with E-state index >= 15 is 0 Å². The number of para-hydroxylation sites is 1. The molecule has 1 aliphatic rings. The molecular formula is C36H44Cl2N8O3S. The van der Waals surface area contributed by atoms with Crippen LogP contribution in [-0.4, -0.2) is 70.9 Å².